The first kappa shape index (κ1) is 15.9. The van der Waals surface area contributed by atoms with E-state index in [4.69, 9.17) is 0 Å². The number of nitro benzene ring substituents is 1. The Bertz CT molecular complexity index is 439. The number of nitrogens with zero attached hydrogens (tertiary/aromatic N) is 1. The predicted octanol–water partition coefficient (Wildman–Crippen LogP) is 3.00. The molecule has 1 aliphatic rings. The normalized spacial score (nSPS) is 20.7. The molecule has 2 unspecified atom stereocenters. The maximum Gasteiger partial charge on any atom is 0.269 e. The van der Waals surface area contributed by atoms with Crippen LogP contribution in [0.25, 0.3) is 0 Å². The average Bonchev–Trinajstić information content (AvgIpc) is 2.74. The maximum atomic E-state index is 10.6. The molecule has 1 aromatic carbocycles. The summed E-state index contributed by atoms with van der Waals surface area (Å²) in [5.41, 5.74) is 1.23. The molecule has 5 heteroatoms. The van der Waals surface area contributed by atoms with E-state index in [-0.39, 0.29) is 10.6 Å². The molecular weight excluding hydrogens is 266 g/mol. The van der Waals surface area contributed by atoms with Gasteiger partial charge in [0.05, 0.1) is 4.92 Å². The number of hydrogen-bond acceptors (Lipinski definition) is 4. The minimum absolute atomic E-state index is 0.148. The Morgan fingerprint density at radius 2 is 2.10 bits per heavy atom. The topological polar surface area (TPSA) is 67.2 Å². The first-order chi connectivity index (χ1) is 10.1. The summed E-state index contributed by atoms with van der Waals surface area (Å²) in [4.78, 5) is 10.2. The number of non-ortho nitro benzene ring substituents is 1. The molecule has 0 radical (unpaired) electrons. The van der Waals surface area contributed by atoms with Gasteiger partial charge in [-0.1, -0.05) is 25.0 Å². The van der Waals surface area contributed by atoms with Crippen LogP contribution in [-0.2, 0) is 6.54 Å². The van der Waals surface area contributed by atoms with Crippen LogP contribution in [0, 0.1) is 10.1 Å². The summed E-state index contributed by atoms with van der Waals surface area (Å²) in [6.07, 6.45) is 6.36. The molecule has 2 rings (SSSR count). The van der Waals surface area contributed by atoms with Crippen molar-refractivity contribution in [2.45, 2.75) is 57.7 Å². The van der Waals surface area contributed by atoms with Gasteiger partial charge in [-0.3, -0.25) is 10.1 Å². The highest BCUT2D eigenvalue weighted by atomic mass is 16.6. The summed E-state index contributed by atoms with van der Waals surface area (Å²) in [6.45, 7) is 4.10. The summed E-state index contributed by atoms with van der Waals surface area (Å²) >= 11 is 0. The van der Waals surface area contributed by atoms with Crippen molar-refractivity contribution in [2.24, 2.45) is 0 Å². The van der Waals surface area contributed by atoms with Crippen LogP contribution in [0.4, 0.5) is 5.69 Å². The quantitative estimate of drug-likeness (QED) is 0.624. The molecule has 1 saturated heterocycles. The molecule has 1 fully saturated rings. The fourth-order valence-electron chi connectivity index (χ4n) is 2.84. The van der Waals surface area contributed by atoms with E-state index in [1.54, 1.807) is 12.1 Å². The van der Waals surface area contributed by atoms with Crippen LogP contribution in [0.1, 0.15) is 44.6 Å². The zero-order valence-corrected chi connectivity index (χ0v) is 12.7. The van der Waals surface area contributed by atoms with Gasteiger partial charge in [-0.2, -0.15) is 0 Å². The smallest absolute Gasteiger partial charge is 0.269 e. The van der Waals surface area contributed by atoms with Crippen LogP contribution in [0.2, 0.25) is 0 Å². The summed E-state index contributed by atoms with van der Waals surface area (Å²) in [7, 11) is 0. The largest absolute Gasteiger partial charge is 0.314 e. The first-order valence-electron chi connectivity index (χ1n) is 7.85. The number of benzene rings is 1. The van der Waals surface area contributed by atoms with Crippen LogP contribution in [-0.4, -0.2) is 23.6 Å². The maximum absolute atomic E-state index is 10.6. The second-order valence-corrected chi connectivity index (χ2v) is 5.94. The molecule has 1 aromatic rings. The molecule has 0 saturated carbocycles. The van der Waals surface area contributed by atoms with Crippen molar-refractivity contribution in [3.8, 4) is 0 Å². The van der Waals surface area contributed by atoms with Gasteiger partial charge in [0, 0.05) is 30.8 Å². The van der Waals surface area contributed by atoms with Gasteiger partial charge < -0.3 is 10.6 Å². The fourth-order valence-corrected chi connectivity index (χ4v) is 2.84. The molecule has 1 heterocycles. The van der Waals surface area contributed by atoms with Crippen LogP contribution < -0.4 is 10.6 Å². The SMILES string of the molecule is CC(CC1CCCCCN1)NCc1ccc([N+](=O)[O-])cc1. The summed E-state index contributed by atoms with van der Waals surface area (Å²) < 4.78 is 0. The molecule has 0 amide bonds. The summed E-state index contributed by atoms with van der Waals surface area (Å²) in [5, 5.41) is 17.7. The van der Waals surface area contributed by atoms with Gasteiger partial charge in [0.15, 0.2) is 0 Å². The highest BCUT2D eigenvalue weighted by Crippen LogP contribution is 2.14. The van der Waals surface area contributed by atoms with Crippen molar-refractivity contribution in [1.29, 1.82) is 0 Å². The van der Waals surface area contributed by atoms with Crippen LogP contribution >= 0.6 is 0 Å². The Hall–Kier alpha value is -1.46. The Morgan fingerprint density at radius 1 is 1.33 bits per heavy atom. The van der Waals surface area contributed by atoms with E-state index in [0.29, 0.717) is 12.1 Å². The van der Waals surface area contributed by atoms with Crippen molar-refractivity contribution in [1.82, 2.24) is 10.6 Å². The van der Waals surface area contributed by atoms with Crippen molar-refractivity contribution in [3.63, 3.8) is 0 Å². The van der Waals surface area contributed by atoms with Crippen molar-refractivity contribution < 1.29 is 4.92 Å². The van der Waals surface area contributed by atoms with E-state index in [2.05, 4.69) is 17.6 Å². The monoisotopic (exact) mass is 291 g/mol. The van der Waals surface area contributed by atoms with E-state index >= 15 is 0 Å². The molecule has 5 nitrogen and oxygen atoms in total. The number of rotatable bonds is 6. The lowest BCUT2D eigenvalue weighted by molar-refractivity contribution is -0.384. The number of nitrogens with one attached hydrogen (secondary N) is 2. The molecule has 2 N–H and O–H groups in total. The first-order valence-corrected chi connectivity index (χ1v) is 7.85. The second kappa shape index (κ2) is 8.10. The molecule has 1 aliphatic heterocycles. The molecule has 2 atom stereocenters. The highest BCUT2D eigenvalue weighted by molar-refractivity contribution is 5.32. The summed E-state index contributed by atoms with van der Waals surface area (Å²) in [6, 6.07) is 7.83. The van der Waals surface area contributed by atoms with Gasteiger partial charge in [0.25, 0.3) is 5.69 Å². The van der Waals surface area contributed by atoms with Gasteiger partial charge in [0.1, 0.15) is 0 Å². The molecular formula is C16H25N3O2. The Kier molecular flexibility index (Phi) is 6.14. The predicted molar refractivity (Wildman–Crippen MR) is 84.3 cm³/mol. The number of nitro groups is 1. The van der Waals surface area contributed by atoms with E-state index in [1.807, 2.05) is 12.1 Å². The third-order valence-corrected chi connectivity index (χ3v) is 4.10. The van der Waals surface area contributed by atoms with Crippen LogP contribution in [0.3, 0.4) is 0 Å². The Balaban J connectivity index is 1.75. The van der Waals surface area contributed by atoms with Gasteiger partial charge in [-0.05, 0) is 38.3 Å². The van der Waals surface area contributed by atoms with Gasteiger partial charge in [-0.15, -0.1) is 0 Å². The van der Waals surface area contributed by atoms with Crippen molar-refractivity contribution in [3.05, 3.63) is 39.9 Å². The molecule has 0 spiro atoms. The zero-order valence-electron chi connectivity index (χ0n) is 12.7. The molecule has 21 heavy (non-hydrogen) atoms. The van der Waals surface area contributed by atoms with Gasteiger partial charge in [-0.25, -0.2) is 0 Å². The van der Waals surface area contributed by atoms with Crippen LogP contribution in [0.15, 0.2) is 24.3 Å². The van der Waals surface area contributed by atoms with Gasteiger partial charge >= 0.3 is 0 Å². The molecule has 0 aromatic heterocycles. The van der Waals surface area contributed by atoms with Crippen LogP contribution in [0.5, 0.6) is 0 Å². The lowest BCUT2D eigenvalue weighted by Crippen LogP contribution is -2.36. The minimum atomic E-state index is -0.364. The van der Waals surface area contributed by atoms with E-state index in [0.717, 1.165) is 25.1 Å². The Labute approximate surface area is 126 Å². The summed E-state index contributed by atoms with van der Waals surface area (Å²) in [5.74, 6) is 0. The standard InChI is InChI=1S/C16H25N3O2/c1-13(11-15-5-3-2-4-10-17-15)18-12-14-6-8-16(9-7-14)19(20)21/h6-9,13,15,17-18H,2-5,10-12H2,1H3. The molecule has 116 valence electrons. The fraction of sp³-hybridized carbons (Fsp3) is 0.625. The lowest BCUT2D eigenvalue weighted by atomic mass is 10.0. The van der Waals surface area contributed by atoms with E-state index < -0.39 is 0 Å². The van der Waals surface area contributed by atoms with Gasteiger partial charge in [0.2, 0.25) is 0 Å². The third kappa shape index (κ3) is 5.44. The van der Waals surface area contributed by atoms with E-state index in [9.17, 15) is 10.1 Å². The number of hydrogen-bond donors (Lipinski definition) is 2. The third-order valence-electron chi connectivity index (χ3n) is 4.10. The van der Waals surface area contributed by atoms with Crippen molar-refractivity contribution >= 4 is 5.69 Å². The highest BCUT2D eigenvalue weighted by Gasteiger charge is 2.14. The molecule has 0 bridgehead atoms. The second-order valence-electron chi connectivity index (χ2n) is 5.94. The minimum Gasteiger partial charge on any atom is -0.314 e. The lowest BCUT2D eigenvalue weighted by Gasteiger charge is -2.21. The van der Waals surface area contributed by atoms with E-state index in [1.165, 1.54) is 25.7 Å². The van der Waals surface area contributed by atoms with Crippen molar-refractivity contribution in [2.75, 3.05) is 6.54 Å². The Morgan fingerprint density at radius 3 is 2.81 bits per heavy atom. The zero-order chi connectivity index (χ0) is 15.1. The molecule has 0 aliphatic carbocycles. The average molecular weight is 291 g/mol.